The van der Waals surface area contributed by atoms with Crippen molar-refractivity contribution in [3.63, 3.8) is 0 Å². The molecule has 2 unspecified atom stereocenters. The summed E-state index contributed by atoms with van der Waals surface area (Å²) < 4.78 is 10.3. The Hall–Kier alpha value is -1.75. The van der Waals surface area contributed by atoms with Crippen LogP contribution in [0, 0.1) is 5.92 Å². The molecule has 0 bridgehead atoms. The van der Waals surface area contributed by atoms with E-state index in [-0.39, 0.29) is 24.5 Å². The van der Waals surface area contributed by atoms with Crippen molar-refractivity contribution < 1.29 is 19.4 Å². The molecule has 2 atom stereocenters. The summed E-state index contributed by atoms with van der Waals surface area (Å²) in [7, 11) is 3.07. The maximum atomic E-state index is 12.1. The molecule has 0 spiro atoms. The minimum atomic E-state index is -0.200. The van der Waals surface area contributed by atoms with Crippen LogP contribution in [0.15, 0.2) is 18.2 Å². The molecule has 5 nitrogen and oxygen atoms in total. The molecule has 0 aliphatic rings. The van der Waals surface area contributed by atoms with E-state index < -0.39 is 0 Å². The number of aliphatic hydroxyl groups is 1. The summed E-state index contributed by atoms with van der Waals surface area (Å²) in [6.45, 7) is 3.77. The molecule has 2 N–H and O–H groups in total. The Bertz CT molecular complexity index is 433. The molecule has 0 aliphatic heterocycles. The third-order valence-electron chi connectivity index (χ3n) is 3.15. The first-order chi connectivity index (χ1) is 9.03. The van der Waals surface area contributed by atoms with E-state index in [0.717, 1.165) is 0 Å². The third kappa shape index (κ3) is 3.86. The zero-order chi connectivity index (χ0) is 14.4. The summed E-state index contributed by atoms with van der Waals surface area (Å²) >= 11 is 0. The first-order valence-corrected chi connectivity index (χ1v) is 6.17. The average molecular weight is 267 g/mol. The molecule has 0 saturated carbocycles. The van der Waals surface area contributed by atoms with Gasteiger partial charge in [0.25, 0.3) is 5.91 Å². The minimum absolute atomic E-state index is 0.00379. The van der Waals surface area contributed by atoms with Crippen LogP contribution in [0.25, 0.3) is 0 Å². The number of benzene rings is 1. The number of ether oxygens (including phenoxy) is 2. The average Bonchev–Trinajstić information content (AvgIpc) is 2.45. The number of methoxy groups -OCH3 is 2. The van der Waals surface area contributed by atoms with Crippen molar-refractivity contribution in [2.45, 2.75) is 19.9 Å². The van der Waals surface area contributed by atoms with Gasteiger partial charge in [-0.1, -0.05) is 6.92 Å². The highest BCUT2D eigenvalue weighted by atomic mass is 16.5. The van der Waals surface area contributed by atoms with Crippen LogP contribution in [0.1, 0.15) is 24.2 Å². The van der Waals surface area contributed by atoms with Crippen LogP contribution in [-0.2, 0) is 0 Å². The van der Waals surface area contributed by atoms with Crippen molar-refractivity contribution in [2.75, 3.05) is 20.8 Å². The number of rotatable bonds is 6. The van der Waals surface area contributed by atoms with Crippen molar-refractivity contribution in [2.24, 2.45) is 5.92 Å². The molecule has 1 amide bonds. The van der Waals surface area contributed by atoms with Gasteiger partial charge in [0.1, 0.15) is 0 Å². The standard InChI is InChI=1S/C14H21NO4/c1-9(8-16)10(2)15-14(17)11-5-6-12(18-3)13(7-11)19-4/h5-7,9-10,16H,8H2,1-4H3,(H,15,17). The number of hydrogen-bond acceptors (Lipinski definition) is 4. The Morgan fingerprint density at radius 1 is 1.26 bits per heavy atom. The van der Waals surface area contributed by atoms with Crippen LogP contribution in [0.4, 0.5) is 0 Å². The van der Waals surface area contributed by atoms with E-state index in [1.807, 2.05) is 13.8 Å². The van der Waals surface area contributed by atoms with Crippen LogP contribution in [0.2, 0.25) is 0 Å². The molecule has 0 aromatic heterocycles. The Labute approximate surface area is 113 Å². The fourth-order valence-corrected chi connectivity index (χ4v) is 1.57. The van der Waals surface area contributed by atoms with Crippen molar-refractivity contribution in [3.8, 4) is 11.5 Å². The predicted molar refractivity (Wildman–Crippen MR) is 72.7 cm³/mol. The fraction of sp³-hybridized carbons (Fsp3) is 0.500. The number of hydrogen-bond donors (Lipinski definition) is 2. The molecule has 106 valence electrons. The van der Waals surface area contributed by atoms with Crippen molar-refractivity contribution in [3.05, 3.63) is 23.8 Å². The van der Waals surface area contributed by atoms with Crippen LogP contribution in [-0.4, -0.2) is 37.9 Å². The highest BCUT2D eigenvalue weighted by molar-refractivity contribution is 5.95. The van der Waals surface area contributed by atoms with Gasteiger partial charge in [-0.25, -0.2) is 0 Å². The second kappa shape index (κ2) is 6.99. The summed E-state index contributed by atoms with van der Waals surface area (Å²) in [6, 6.07) is 4.89. The Balaban J connectivity index is 2.83. The van der Waals surface area contributed by atoms with Crippen LogP contribution < -0.4 is 14.8 Å². The van der Waals surface area contributed by atoms with Gasteiger partial charge >= 0.3 is 0 Å². The van der Waals surface area contributed by atoms with E-state index in [1.54, 1.807) is 25.3 Å². The smallest absolute Gasteiger partial charge is 0.251 e. The van der Waals surface area contributed by atoms with Gasteiger partial charge < -0.3 is 19.9 Å². The highest BCUT2D eigenvalue weighted by Gasteiger charge is 2.16. The molecule has 0 fully saturated rings. The van der Waals surface area contributed by atoms with Crippen LogP contribution in [0.5, 0.6) is 11.5 Å². The lowest BCUT2D eigenvalue weighted by Crippen LogP contribution is -2.38. The lowest BCUT2D eigenvalue weighted by molar-refractivity contribution is 0.0916. The fourth-order valence-electron chi connectivity index (χ4n) is 1.57. The Morgan fingerprint density at radius 3 is 2.42 bits per heavy atom. The molecular formula is C14H21NO4. The first-order valence-electron chi connectivity index (χ1n) is 6.17. The van der Waals surface area contributed by atoms with Gasteiger partial charge in [0.2, 0.25) is 0 Å². The highest BCUT2D eigenvalue weighted by Crippen LogP contribution is 2.27. The number of aliphatic hydroxyl groups excluding tert-OH is 1. The molecule has 1 rings (SSSR count). The first kappa shape index (κ1) is 15.3. The maximum absolute atomic E-state index is 12.1. The second-order valence-corrected chi connectivity index (χ2v) is 4.49. The van der Waals surface area contributed by atoms with Gasteiger partial charge in [-0.15, -0.1) is 0 Å². The molecular weight excluding hydrogens is 246 g/mol. The molecule has 0 aliphatic carbocycles. The van der Waals surface area contributed by atoms with Gasteiger partial charge in [-0.2, -0.15) is 0 Å². The SMILES string of the molecule is COc1ccc(C(=O)NC(C)C(C)CO)cc1OC. The largest absolute Gasteiger partial charge is 0.493 e. The van der Waals surface area contributed by atoms with E-state index >= 15 is 0 Å². The quantitative estimate of drug-likeness (QED) is 0.818. The summed E-state index contributed by atoms with van der Waals surface area (Å²) in [4.78, 5) is 12.1. The monoisotopic (exact) mass is 267 g/mol. The maximum Gasteiger partial charge on any atom is 0.251 e. The van der Waals surface area contributed by atoms with Crippen molar-refractivity contribution in [1.82, 2.24) is 5.32 Å². The van der Waals surface area contributed by atoms with Gasteiger partial charge in [-0.05, 0) is 31.0 Å². The van der Waals surface area contributed by atoms with Crippen LogP contribution >= 0.6 is 0 Å². The van der Waals surface area contributed by atoms with Crippen molar-refractivity contribution in [1.29, 1.82) is 0 Å². The molecule has 1 aromatic rings. The molecule has 19 heavy (non-hydrogen) atoms. The zero-order valence-corrected chi connectivity index (χ0v) is 11.8. The van der Waals surface area contributed by atoms with Gasteiger partial charge in [0, 0.05) is 18.2 Å². The Kier molecular flexibility index (Phi) is 5.63. The summed E-state index contributed by atoms with van der Waals surface area (Å²) in [5.74, 6) is 0.895. The van der Waals surface area contributed by atoms with Gasteiger partial charge in [-0.3, -0.25) is 4.79 Å². The van der Waals surface area contributed by atoms with Crippen LogP contribution in [0.3, 0.4) is 0 Å². The van der Waals surface area contributed by atoms with E-state index in [1.165, 1.54) is 7.11 Å². The topological polar surface area (TPSA) is 67.8 Å². The van der Waals surface area contributed by atoms with Crippen molar-refractivity contribution >= 4 is 5.91 Å². The number of carbonyl (C=O) groups is 1. The van der Waals surface area contributed by atoms with E-state index in [2.05, 4.69) is 5.32 Å². The van der Waals surface area contributed by atoms with Gasteiger partial charge in [0.15, 0.2) is 11.5 Å². The number of nitrogens with one attached hydrogen (secondary N) is 1. The third-order valence-corrected chi connectivity index (χ3v) is 3.15. The normalized spacial score (nSPS) is 13.5. The zero-order valence-electron chi connectivity index (χ0n) is 11.8. The van der Waals surface area contributed by atoms with E-state index in [9.17, 15) is 4.79 Å². The summed E-state index contributed by atoms with van der Waals surface area (Å²) in [5.41, 5.74) is 0.495. The molecule has 0 radical (unpaired) electrons. The number of amides is 1. The van der Waals surface area contributed by atoms with E-state index in [0.29, 0.717) is 17.1 Å². The lowest BCUT2D eigenvalue weighted by Gasteiger charge is -2.19. The van der Waals surface area contributed by atoms with Gasteiger partial charge in [0.05, 0.1) is 14.2 Å². The Morgan fingerprint density at radius 2 is 1.89 bits per heavy atom. The van der Waals surface area contributed by atoms with E-state index in [4.69, 9.17) is 14.6 Å². The molecule has 5 heteroatoms. The molecule has 0 heterocycles. The predicted octanol–water partition coefficient (Wildman–Crippen LogP) is 1.45. The summed E-state index contributed by atoms with van der Waals surface area (Å²) in [6.07, 6.45) is 0. The number of carbonyl (C=O) groups excluding carboxylic acids is 1. The molecule has 0 saturated heterocycles. The lowest BCUT2D eigenvalue weighted by atomic mass is 10.0. The minimum Gasteiger partial charge on any atom is -0.493 e. The molecule has 1 aromatic carbocycles. The summed E-state index contributed by atoms with van der Waals surface area (Å²) in [5, 5.41) is 11.9. The second-order valence-electron chi connectivity index (χ2n) is 4.49.